The van der Waals surface area contributed by atoms with E-state index in [0.29, 0.717) is 29.3 Å². The Balaban J connectivity index is 0.000000758. The van der Waals surface area contributed by atoms with Gasteiger partial charge in [0.05, 0.1) is 12.8 Å². The number of pyridine rings is 1. The minimum atomic E-state index is -0.115. The Labute approximate surface area is 180 Å². The zero-order valence-electron chi connectivity index (χ0n) is 14.3. The van der Waals surface area contributed by atoms with Crippen molar-refractivity contribution in [2.75, 3.05) is 13.2 Å². The molecule has 3 heterocycles. The molecule has 0 amide bonds. The van der Waals surface area contributed by atoms with Gasteiger partial charge in [-0.3, -0.25) is 0 Å². The van der Waals surface area contributed by atoms with Crippen LogP contribution in [0, 0.1) is 0 Å². The summed E-state index contributed by atoms with van der Waals surface area (Å²) in [6, 6.07) is 1.95. The van der Waals surface area contributed by atoms with E-state index in [4.69, 9.17) is 9.47 Å². The number of hydrogen-bond acceptors (Lipinski definition) is 5. The Kier molecular flexibility index (Phi) is 9.05. The number of ether oxygens (including phenoxy) is 2. The normalized spacial score (nSPS) is 12.1. The van der Waals surface area contributed by atoms with E-state index in [1.165, 1.54) is 11.3 Å². The van der Waals surface area contributed by atoms with E-state index in [1.807, 2.05) is 39.2 Å². The second-order valence-corrected chi connectivity index (χ2v) is 10.4. The van der Waals surface area contributed by atoms with Gasteiger partial charge in [0.2, 0.25) is 4.73 Å². The molecule has 0 saturated carbocycles. The van der Waals surface area contributed by atoms with Crippen LogP contribution in [-0.2, 0) is 16.1 Å². The first-order valence-electron chi connectivity index (χ1n) is 7.70. The molecule has 0 N–H and O–H groups in total. The molecule has 3 rings (SSSR count). The fourth-order valence-electron chi connectivity index (χ4n) is 2.40. The van der Waals surface area contributed by atoms with Gasteiger partial charge in [-0.05, 0) is 42.8 Å². The van der Waals surface area contributed by atoms with Crippen molar-refractivity contribution in [1.29, 1.82) is 0 Å². The van der Waals surface area contributed by atoms with E-state index in [0.717, 1.165) is 11.1 Å². The molecule has 0 aliphatic rings. The second-order valence-electron chi connectivity index (χ2n) is 4.95. The Morgan fingerprint density at radius 3 is 2.65 bits per heavy atom. The number of fused-ring (bicyclic) bond motifs is 1. The third-order valence-corrected chi connectivity index (χ3v) is 3.75. The van der Waals surface area contributed by atoms with Crippen LogP contribution in [-0.4, -0.2) is 37.6 Å². The third-order valence-electron chi connectivity index (χ3n) is 3.42. The molecular formula is C15H18Br3CuN5O2. The molecule has 0 bridgehead atoms. The first-order chi connectivity index (χ1) is 12.5. The Bertz CT molecular complexity index is 842. The van der Waals surface area contributed by atoms with Crippen molar-refractivity contribution < 1.29 is 20.8 Å². The van der Waals surface area contributed by atoms with Crippen LogP contribution in [0.4, 0.5) is 0 Å². The molecule has 147 valence electrons. The van der Waals surface area contributed by atoms with Crippen molar-refractivity contribution in [3.8, 4) is 16.9 Å². The summed E-state index contributed by atoms with van der Waals surface area (Å²) in [5, 5.41) is 8.63. The first kappa shape index (κ1) is 21.8. The van der Waals surface area contributed by atoms with Crippen LogP contribution >= 0.6 is 44.2 Å². The van der Waals surface area contributed by atoms with Crippen LogP contribution in [0.3, 0.4) is 0 Å². The monoisotopic (exact) mass is 600 g/mol. The molecule has 26 heavy (non-hydrogen) atoms. The van der Waals surface area contributed by atoms with Crippen molar-refractivity contribution in [3.05, 3.63) is 29.4 Å². The van der Waals surface area contributed by atoms with E-state index >= 15 is 0 Å². The van der Waals surface area contributed by atoms with E-state index in [9.17, 15) is 0 Å². The molecule has 0 aromatic carbocycles. The van der Waals surface area contributed by atoms with Gasteiger partial charge in [-0.1, -0.05) is 0 Å². The van der Waals surface area contributed by atoms with Crippen molar-refractivity contribution >= 4 is 49.8 Å². The molecule has 0 spiro atoms. The van der Waals surface area contributed by atoms with Crippen LogP contribution in [0.5, 0.6) is 5.75 Å². The second kappa shape index (κ2) is 10.8. The van der Waals surface area contributed by atoms with Gasteiger partial charge in [-0.2, -0.15) is 10.1 Å². The van der Waals surface area contributed by atoms with Crippen LogP contribution in [0.2, 0.25) is 0 Å². The van der Waals surface area contributed by atoms with E-state index in [2.05, 4.69) is 59.3 Å². The third kappa shape index (κ3) is 5.30. The quantitative estimate of drug-likeness (QED) is 0.372. The molecule has 0 aliphatic carbocycles. The van der Waals surface area contributed by atoms with Gasteiger partial charge < -0.3 is 9.47 Å². The number of nitrogens with zero attached hydrogens (tertiary/aromatic N) is 5. The molecule has 0 radical (unpaired) electrons. The average molecular weight is 604 g/mol. The fraction of sp³-hybridized carbons (Fsp3) is 0.400. The summed E-state index contributed by atoms with van der Waals surface area (Å²) < 4.78 is 15.4. The van der Waals surface area contributed by atoms with Gasteiger partial charge in [0.15, 0.2) is 11.4 Å². The summed E-state index contributed by atoms with van der Waals surface area (Å²) >= 11 is 10.7. The molecule has 7 nitrogen and oxygen atoms in total. The van der Waals surface area contributed by atoms with Crippen LogP contribution in [0.25, 0.3) is 16.8 Å². The van der Waals surface area contributed by atoms with Gasteiger partial charge >= 0.3 is 39.6 Å². The van der Waals surface area contributed by atoms with E-state index in [1.54, 1.807) is 15.4 Å². The summed E-state index contributed by atoms with van der Waals surface area (Å²) in [6.45, 7) is 7.05. The van der Waals surface area contributed by atoms with Gasteiger partial charge in [-0.15, -0.1) is 5.10 Å². The zero-order chi connectivity index (χ0) is 19.1. The van der Waals surface area contributed by atoms with Crippen LogP contribution in [0.1, 0.15) is 27.0 Å². The van der Waals surface area contributed by atoms with Crippen LogP contribution < -0.4 is 4.74 Å². The predicted molar refractivity (Wildman–Crippen MR) is 107 cm³/mol. The van der Waals surface area contributed by atoms with Crippen LogP contribution in [0.15, 0.2) is 29.4 Å². The Morgan fingerprint density at radius 1 is 1.27 bits per heavy atom. The van der Waals surface area contributed by atoms with Crippen molar-refractivity contribution in [2.45, 2.75) is 27.0 Å². The average Bonchev–Trinajstić information content (AvgIpc) is 3.22. The number of rotatable bonds is 6. The topological polar surface area (TPSA) is 66.5 Å². The van der Waals surface area contributed by atoms with Crippen molar-refractivity contribution in [3.63, 3.8) is 0 Å². The van der Waals surface area contributed by atoms with Gasteiger partial charge in [0, 0.05) is 30.1 Å². The van der Waals surface area contributed by atoms with Gasteiger partial charge in [0.1, 0.15) is 6.23 Å². The maximum absolute atomic E-state index is 5.82. The first-order valence-corrected chi connectivity index (χ1v) is 13.2. The molecule has 0 saturated heterocycles. The molecule has 1 unspecified atom stereocenters. The molecule has 3 aromatic rings. The standard InChI is InChI=1S/C15H18BrN5O2.2BrH.Cu/c1-4-22-10(3)21-9-11(8-17-21)12-6-7-20-14(13(12)23-5-2)18-15(16)19-20;;;/h6-10H,4-5H2,1-3H3;2*1H;/q;;;+2/p-2. The summed E-state index contributed by atoms with van der Waals surface area (Å²) in [7, 11) is 0. The fourth-order valence-corrected chi connectivity index (χ4v) is 2.74. The molecular weight excluding hydrogens is 585 g/mol. The summed E-state index contributed by atoms with van der Waals surface area (Å²) in [4.78, 5) is 4.38. The predicted octanol–water partition coefficient (Wildman–Crippen LogP) is 5.00. The Morgan fingerprint density at radius 2 is 2.00 bits per heavy atom. The zero-order valence-corrected chi connectivity index (χ0v) is 20.0. The van der Waals surface area contributed by atoms with Gasteiger partial charge in [0.25, 0.3) is 0 Å². The SMILES string of the molecule is CCOc1c(-c2cnn(C(C)OCC)c2)ccn2nc(Br)nc12.[Br][Cu][Br]. The maximum atomic E-state index is 5.82. The minimum absolute atomic E-state index is 0.115. The summed E-state index contributed by atoms with van der Waals surface area (Å²) in [5.74, 6) is 0.691. The molecule has 0 aliphatic heterocycles. The van der Waals surface area contributed by atoms with Crippen molar-refractivity contribution in [2.24, 2.45) is 0 Å². The molecule has 3 aromatic heterocycles. The number of halogens is 3. The number of hydrogen-bond donors (Lipinski definition) is 0. The van der Waals surface area contributed by atoms with E-state index < -0.39 is 0 Å². The number of aromatic nitrogens is 5. The molecule has 11 heteroatoms. The van der Waals surface area contributed by atoms with E-state index in [-0.39, 0.29) is 6.23 Å². The Hall–Kier alpha value is -0.451. The molecule has 1 atom stereocenters. The molecule has 0 fully saturated rings. The van der Waals surface area contributed by atoms with Crippen molar-refractivity contribution in [1.82, 2.24) is 24.4 Å². The summed E-state index contributed by atoms with van der Waals surface area (Å²) in [6.07, 6.45) is 5.49. The van der Waals surface area contributed by atoms with Gasteiger partial charge in [-0.25, -0.2) is 9.20 Å². The summed E-state index contributed by atoms with van der Waals surface area (Å²) in [5.41, 5.74) is 2.54.